The Morgan fingerprint density at radius 2 is 1.50 bits per heavy atom. The van der Waals surface area contributed by atoms with Gasteiger partial charge in [0.2, 0.25) is 0 Å². The van der Waals surface area contributed by atoms with Crippen molar-refractivity contribution in [3.05, 3.63) is 114 Å². The van der Waals surface area contributed by atoms with Crippen molar-refractivity contribution in [1.29, 1.82) is 0 Å². The predicted octanol–water partition coefficient (Wildman–Crippen LogP) is 4.98. The Kier molecular flexibility index (Phi) is 6.37. The number of carbonyl (C=O) groups is 1. The van der Waals surface area contributed by atoms with Crippen LogP contribution in [-0.4, -0.2) is 14.3 Å². The van der Waals surface area contributed by atoms with Gasteiger partial charge in [-0.2, -0.15) is 0 Å². The summed E-state index contributed by atoms with van der Waals surface area (Å²) in [7, 11) is -3.55. The molecule has 0 unspecified atom stereocenters. The number of rotatable bonds is 8. The van der Waals surface area contributed by atoms with Crippen molar-refractivity contribution in [2.24, 2.45) is 0 Å². The second kappa shape index (κ2) is 9.53. The van der Waals surface area contributed by atoms with Gasteiger partial charge in [0.1, 0.15) is 23.0 Å². The number of nitrogens with one attached hydrogen (secondary N) is 1. The quantitative estimate of drug-likeness (QED) is 0.412. The molecule has 32 heavy (non-hydrogen) atoms. The van der Waals surface area contributed by atoms with Gasteiger partial charge < -0.3 is 14.5 Å². The number of ether oxygens (including phenoxy) is 1. The maximum Gasteiger partial charge on any atom is 0.287 e. The van der Waals surface area contributed by atoms with Crippen LogP contribution in [0.25, 0.3) is 0 Å². The SMILES string of the molecule is O=C(NCc1cccc(Oc2ccccc2)c1)c1ccc(CS(=O)(=O)c2ccccc2)o1. The molecule has 6 nitrogen and oxygen atoms in total. The van der Waals surface area contributed by atoms with E-state index in [2.05, 4.69) is 5.32 Å². The molecule has 1 aromatic heterocycles. The molecule has 7 heteroatoms. The Balaban J connectivity index is 1.36. The van der Waals surface area contributed by atoms with E-state index in [0.717, 1.165) is 11.3 Å². The molecule has 0 saturated heterocycles. The average Bonchev–Trinajstić information content (AvgIpc) is 3.27. The lowest BCUT2D eigenvalue weighted by molar-refractivity contribution is 0.0921. The third kappa shape index (κ3) is 5.44. The largest absolute Gasteiger partial charge is 0.457 e. The Morgan fingerprint density at radius 1 is 0.812 bits per heavy atom. The zero-order chi connectivity index (χ0) is 22.4. The van der Waals surface area contributed by atoms with E-state index in [9.17, 15) is 13.2 Å². The van der Waals surface area contributed by atoms with Crippen LogP contribution in [0.3, 0.4) is 0 Å². The summed E-state index contributed by atoms with van der Waals surface area (Å²) < 4.78 is 36.3. The van der Waals surface area contributed by atoms with Gasteiger partial charge in [-0.3, -0.25) is 4.79 Å². The first-order valence-corrected chi connectivity index (χ1v) is 11.6. The molecule has 4 rings (SSSR count). The Morgan fingerprint density at radius 3 is 2.25 bits per heavy atom. The van der Waals surface area contributed by atoms with Crippen molar-refractivity contribution >= 4 is 15.7 Å². The minimum atomic E-state index is -3.55. The van der Waals surface area contributed by atoms with E-state index in [0.29, 0.717) is 5.75 Å². The highest BCUT2D eigenvalue weighted by Gasteiger charge is 2.19. The molecule has 0 radical (unpaired) electrons. The van der Waals surface area contributed by atoms with Crippen LogP contribution in [0.4, 0.5) is 0 Å². The molecule has 0 bridgehead atoms. The minimum Gasteiger partial charge on any atom is -0.457 e. The van der Waals surface area contributed by atoms with Gasteiger partial charge in [-0.15, -0.1) is 0 Å². The molecule has 1 heterocycles. The summed E-state index contributed by atoms with van der Waals surface area (Å²) in [5.74, 6) is 0.903. The monoisotopic (exact) mass is 447 g/mol. The molecule has 162 valence electrons. The molecule has 1 amide bonds. The number of amides is 1. The second-order valence-corrected chi connectivity index (χ2v) is 9.07. The van der Waals surface area contributed by atoms with E-state index < -0.39 is 15.7 Å². The summed E-state index contributed by atoms with van der Waals surface area (Å²) in [4.78, 5) is 12.7. The lowest BCUT2D eigenvalue weighted by atomic mass is 10.2. The van der Waals surface area contributed by atoms with Gasteiger partial charge in [-0.25, -0.2) is 8.42 Å². The fraction of sp³-hybridized carbons (Fsp3) is 0.0800. The number of sulfone groups is 1. The third-order valence-corrected chi connectivity index (χ3v) is 6.31. The van der Waals surface area contributed by atoms with Crippen LogP contribution in [0.1, 0.15) is 21.9 Å². The minimum absolute atomic E-state index is 0.0555. The summed E-state index contributed by atoms with van der Waals surface area (Å²) in [6.45, 7) is 0.267. The van der Waals surface area contributed by atoms with Gasteiger partial charge in [0.25, 0.3) is 5.91 Å². The van der Waals surface area contributed by atoms with Crippen molar-refractivity contribution in [1.82, 2.24) is 5.32 Å². The van der Waals surface area contributed by atoms with Crippen molar-refractivity contribution in [3.63, 3.8) is 0 Å². The maximum absolute atomic E-state index is 12.5. The predicted molar refractivity (Wildman–Crippen MR) is 120 cm³/mol. The maximum atomic E-state index is 12.5. The number of hydrogen-bond acceptors (Lipinski definition) is 5. The van der Waals surface area contributed by atoms with Crippen LogP contribution >= 0.6 is 0 Å². The van der Waals surface area contributed by atoms with E-state index in [1.807, 2.05) is 54.6 Å². The molecule has 0 aliphatic rings. The van der Waals surface area contributed by atoms with Crippen LogP contribution < -0.4 is 10.1 Å². The lowest BCUT2D eigenvalue weighted by Gasteiger charge is -2.08. The number of carbonyl (C=O) groups excluding carboxylic acids is 1. The first kappa shape index (κ1) is 21.4. The van der Waals surface area contributed by atoms with E-state index >= 15 is 0 Å². The lowest BCUT2D eigenvalue weighted by Crippen LogP contribution is -2.22. The molecule has 1 N–H and O–H groups in total. The standard InChI is InChI=1S/C25H21NO5S/c27-25(24-15-14-22(31-24)18-32(28,29)23-12-5-2-6-13-23)26-17-19-8-7-11-21(16-19)30-20-9-3-1-4-10-20/h1-16H,17-18H2,(H,26,27). The summed E-state index contributed by atoms with van der Waals surface area (Å²) >= 11 is 0. The highest BCUT2D eigenvalue weighted by Crippen LogP contribution is 2.22. The fourth-order valence-electron chi connectivity index (χ4n) is 3.09. The summed E-state index contributed by atoms with van der Waals surface area (Å²) in [6, 6.07) is 27.9. The van der Waals surface area contributed by atoms with Crippen LogP contribution in [0.2, 0.25) is 0 Å². The van der Waals surface area contributed by atoms with E-state index in [4.69, 9.17) is 9.15 Å². The second-order valence-electron chi connectivity index (χ2n) is 7.08. The molecule has 4 aromatic rings. The van der Waals surface area contributed by atoms with Crippen molar-refractivity contribution in [2.45, 2.75) is 17.2 Å². The van der Waals surface area contributed by atoms with E-state index in [-0.39, 0.29) is 28.7 Å². The molecular weight excluding hydrogens is 426 g/mol. The number of benzene rings is 3. The van der Waals surface area contributed by atoms with E-state index in [1.165, 1.54) is 24.3 Å². The molecule has 3 aromatic carbocycles. The topological polar surface area (TPSA) is 85.6 Å². The van der Waals surface area contributed by atoms with Crippen LogP contribution in [0.5, 0.6) is 11.5 Å². The van der Waals surface area contributed by atoms with Crippen LogP contribution in [0.15, 0.2) is 106 Å². The Hall–Kier alpha value is -3.84. The third-order valence-electron chi connectivity index (χ3n) is 4.65. The van der Waals surface area contributed by atoms with Crippen molar-refractivity contribution in [3.8, 4) is 11.5 Å². The first-order chi connectivity index (χ1) is 15.5. The Bertz CT molecular complexity index is 1300. The Labute approximate surface area is 186 Å². The summed E-state index contributed by atoms with van der Waals surface area (Å²) in [5, 5.41) is 2.78. The fourth-order valence-corrected chi connectivity index (χ4v) is 4.36. The summed E-state index contributed by atoms with van der Waals surface area (Å²) in [5.41, 5.74) is 0.852. The van der Waals surface area contributed by atoms with Crippen LogP contribution in [-0.2, 0) is 22.1 Å². The summed E-state index contributed by atoms with van der Waals surface area (Å²) in [6.07, 6.45) is 0. The van der Waals surface area contributed by atoms with Gasteiger partial charge >= 0.3 is 0 Å². The van der Waals surface area contributed by atoms with Gasteiger partial charge in [0.15, 0.2) is 15.6 Å². The van der Waals surface area contributed by atoms with Crippen molar-refractivity contribution < 1.29 is 22.4 Å². The average molecular weight is 448 g/mol. The highest BCUT2D eigenvalue weighted by atomic mass is 32.2. The molecule has 0 aliphatic carbocycles. The van der Waals surface area contributed by atoms with Gasteiger partial charge in [-0.05, 0) is 54.1 Å². The molecule has 0 fully saturated rings. The van der Waals surface area contributed by atoms with Gasteiger partial charge in [-0.1, -0.05) is 48.5 Å². The van der Waals surface area contributed by atoms with Gasteiger partial charge in [0, 0.05) is 6.54 Å². The normalized spacial score (nSPS) is 11.1. The number of furan rings is 1. The van der Waals surface area contributed by atoms with Crippen LogP contribution in [0, 0.1) is 0 Å². The molecule has 0 atom stereocenters. The molecule has 0 saturated carbocycles. The molecular formula is C25H21NO5S. The zero-order valence-electron chi connectivity index (χ0n) is 17.1. The molecule has 0 aliphatic heterocycles. The zero-order valence-corrected chi connectivity index (χ0v) is 17.9. The molecule has 0 spiro atoms. The van der Waals surface area contributed by atoms with E-state index in [1.54, 1.807) is 18.2 Å². The van der Waals surface area contributed by atoms with Gasteiger partial charge in [0.05, 0.1) is 4.90 Å². The number of para-hydroxylation sites is 1. The first-order valence-electron chi connectivity index (χ1n) is 9.96. The smallest absolute Gasteiger partial charge is 0.287 e. The van der Waals surface area contributed by atoms with Crippen molar-refractivity contribution in [2.75, 3.05) is 0 Å². The highest BCUT2D eigenvalue weighted by molar-refractivity contribution is 7.90. The number of hydrogen-bond donors (Lipinski definition) is 1.